The summed E-state index contributed by atoms with van der Waals surface area (Å²) in [4.78, 5) is 25.1. The Hall–Kier alpha value is -1.55. The van der Waals surface area contributed by atoms with Crippen molar-refractivity contribution in [3.8, 4) is 0 Å². The molecule has 0 radical (unpaired) electrons. The van der Waals surface area contributed by atoms with E-state index >= 15 is 0 Å². The summed E-state index contributed by atoms with van der Waals surface area (Å²) in [5.41, 5.74) is 0.812. The summed E-state index contributed by atoms with van der Waals surface area (Å²) in [6.07, 6.45) is 0.787. The van der Waals surface area contributed by atoms with Crippen molar-refractivity contribution in [2.45, 2.75) is 19.8 Å². The van der Waals surface area contributed by atoms with Gasteiger partial charge in [0.05, 0.1) is 12.3 Å². The van der Waals surface area contributed by atoms with Crippen LogP contribution in [0.25, 0.3) is 0 Å². The van der Waals surface area contributed by atoms with Crippen molar-refractivity contribution >= 4 is 23.5 Å². The highest BCUT2D eigenvalue weighted by Gasteiger charge is 2.32. The first-order chi connectivity index (χ1) is 9.49. The van der Waals surface area contributed by atoms with E-state index in [0.717, 1.165) is 5.56 Å². The zero-order valence-corrected chi connectivity index (χ0v) is 12.1. The molecule has 2 atom stereocenters. The highest BCUT2D eigenvalue weighted by Crippen LogP contribution is 2.24. The third-order valence-electron chi connectivity index (χ3n) is 3.87. The first-order valence-electron chi connectivity index (χ1n) is 6.73. The molecule has 2 unspecified atom stereocenters. The van der Waals surface area contributed by atoms with Gasteiger partial charge in [0, 0.05) is 18.1 Å². The fourth-order valence-electron chi connectivity index (χ4n) is 2.66. The summed E-state index contributed by atoms with van der Waals surface area (Å²) in [6, 6.07) is 7.29. The van der Waals surface area contributed by atoms with Crippen LogP contribution in [0.2, 0.25) is 5.02 Å². The van der Waals surface area contributed by atoms with Gasteiger partial charge in [-0.2, -0.15) is 0 Å². The van der Waals surface area contributed by atoms with Gasteiger partial charge in [0.2, 0.25) is 5.91 Å². The first-order valence-corrected chi connectivity index (χ1v) is 7.11. The average molecular weight is 296 g/mol. The molecule has 2 rings (SSSR count). The van der Waals surface area contributed by atoms with Crippen molar-refractivity contribution in [1.82, 2.24) is 4.90 Å². The van der Waals surface area contributed by atoms with Crippen molar-refractivity contribution < 1.29 is 14.7 Å². The Morgan fingerprint density at radius 1 is 1.40 bits per heavy atom. The molecule has 1 aliphatic heterocycles. The van der Waals surface area contributed by atoms with Crippen LogP contribution in [0.3, 0.4) is 0 Å². The molecule has 0 aromatic heterocycles. The number of carboxylic acid groups (broad SMARTS) is 1. The van der Waals surface area contributed by atoms with Crippen LogP contribution in [0.15, 0.2) is 24.3 Å². The minimum Gasteiger partial charge on any atom is -0.481 e. The van der Waals surface area contributed by atoms with E-state index in [1.165, 1.54) is 0 Å². The summed E-state index contributed by atoms with van der Waals surface area (Å²) < 4.78 is 0. The van der Waals surface area contributed by atoms with Crippen molar-refractivity contribution in [3.63, 3.8) is 0 Å². The first kappa shape index (κ1) is 14.9. The van der Waals surface area contributed by atoms with Crippen LogP contribution in [-0.4, -0.2) is 35.0 Å². The number of likely N-dealkylation sites (tertiary alicyclic amines) is 1. The number of amides is 1. The largest absolute Gasteiger partial charge is 0.481 e. The molecule has 1 saturated heterocycles. The lowest BCUT2D eigenvalue weighted by Gasteiger charge is -2.35. The SMILES string of the molecule is CC1CN(C(=O)Cc2ccccc2Cl)CCC1C(=O)O. The van der Waals surface area contributed by atoms with Gasteiger partial charge in [0.15, 0.2) is 0 Å². The molecule has 20 heavy (non-hydrogen) atoms. The molecule has 5 heteroatoms. The summed E-state index contributed by atoms with van der Waals surface area (Å²) >= 11 is 6.05. The van der Waals surface area contributed by atoms with Crippen molar-refractivity contribution in [2.24, 2.45) is 11.8 Å². The number of halogens is 1. The highest BCUT2D eigenvalue weighted by atomic mass is 35.5. The number of hydrogen-bond acceptors (Lipinski definition) is 2. The Balaban J connectivity index is 1.98. The second-order valence-electron chi connectivity index (χ2n) is 5.32. The van der Waals surface area contributed by atoms with E-state index in [-0.39, 0.29) is 24.2 Å². The maximum Gasteiger partial charge on any atom is 0.306 e. The lowest BCUT2D eigenvalue weighted by molar-refractivity contribution is -0.148. The quantitative estimate of drug-likeness (QED) is 0.932. The third kappa shape index (κ3) is 3.31. The second-order valence-corrected chi connectivity index (χ2v) is 5.73. The molecule has 0 saturated carbocycles. The van der Waals surface area contributed by atoms with Crippen LogP contribution in [0.4, 0.5) is 0 Å². The number of carboxylic acids is 1. The molecule has 1 aliphatic rings. The van der Waals surface area contributed by atoms with Gasteiger partial charge in [-0.3, -0.25) is 9.59 Å². The van der Waals surface area contributed by atoms with E-state index < -0.39 is 5.97 Å². The monoisotopic (exact) mass is 295 g/mol. The second kappa shape index (κ2) is 6.27. The summed E-state index contributed by atoms with van der Waals surface area (Å²) in [7, 11) is 0. The summed E-state index contributed by atoms with van der Waals surface area (Å²) in [5.74, 6) is -1.12. The molecule has 0 spiro atoms. The highest BCUT2D eigenvalue weighted by molar-refractivity contribution is 6.31. The van der Waals surface area contributed by atoms with Crippen molar-refractivity contribution in [1.29, 1.82) is 0 Å². The van der Waals surface area contributed by atoms with Crippen LogP contribution in [0.5, 0.6) is 0 Å². The molecule has 108 valence electrons. The zero-order chi connectivity index (χ0) is 14.7. The molecule has 1 aromatic carbocycles. The van der Waals surface area contributed by atoms with Gasteiger partial charge >= 0.3 is 5.97 Å². The van der Waals surface area contributed by atoms with Crippen LogP contribution in [0.1, 0.15) is 18.9 Å². The normalized spacial score (nSPS) is 22.6. The number of carbonyl (C=O) groups excluding carboxylic acids is 1. The Bertz CT molecular complexity index is 518. The molecular formula is C15H18ClNO3. The summed E-state index contributed by atoms with van der Waals surface area (Å²) in [5, 5.41) is 9.68. The van der Waals surface area contributed by atoms with E-state index in [9.17, 15) is 9.59 Å². The molecule has 1 heterocycles. The van der Waals surface area contributed by atoms with Gasteiger partial charge in [-0.15, -0.1) is 0 Å². The lowest BCUT2D eigenvalue weighted by atomic mass is 9.87. The Labute approximate surface area is 123 Å². The fourth-order valence-corrected chi connectivity index (χ4v) is 2.86. The number of aliphatic carboxylic acids is 1. The van der Waals surface area contributed by atoms with Crippen LogP contribution in [0, 0.1) is 11.8 Å². The van der Waals surface area contributed by atoms with Crippen molar-refractivity contribution in [3.05, 3.63) is 34.9 Å². The molecule has 4 nitrogen and oxygen atoms in total. The third-order valence-corrected chi connectivity index (χ3v) is 4.24. The zero-order valence-electron chi connectivity index (χ0n) is 11.4. The topological polar surface area (TPSA) is 57.6 Å². The van der Waals surface area contributed by atoms with Crippen molar-refractivity contribution in [2.75, 3.05) is 13.1 Å². The molecule has 1 N–H and O–H groups in total. The minimum atomic E-state index is -0.768. The van der Waals surface area contributed by atoms with E-state index in [1.807, 2.05) is 25.1 Å². The number of carbonyl (C=O) groups is 2. The van der Waals surface area contributed by atoms with Gasteiger partial charge in [0.1, 0.15) is 0 Å². The number of piperidine rings is 1. The minimum absolute atomic E-state index is 0.00814. The molecule has 0 bridgehead atoms. The van der Waals surface area contributed by atoms with E-state index in [2.05, 4.69) is 0 Å². The number of benzene rings is 1. The van der Waals surface area contributed by atoms with E-state index in [1.54, 1.807) is 11.0 Å². The molecule has 0 aliphatic carbocycles. The number of hydrogen-bond donors (Lipinski definition) is 1. The van der Waals surface area contributed by atoms with E-state index in [0.29, 0.717) is 24.5 Å². The van der Waals surface area contributed by atoms with Crippen LogP contribution in [-0.2, 0) is 16.0 Å². The standard InChI is InChI=1S/C15H18ClNO3/c1-10-9-17(7-6-12(10)15(19)20)14(18)8-11-4-2-3-5-13(11)16/h2-5,10,12H,6-9H2,1H3,(H,19,20). The van der Waals surface area contributed by atoms with Gasteiger partial charge < -0.3 is 10.0 Å². The molecule has 1 aromatic rings. The van der Waals surface area contributed by atoms with E-state index in [4.69, 9.17) is 16.7 Å². The Morgan fingerprint density at radius 3 is 2.70 bits per heavy atom. The Morgan fingerprint density at radius 2 is 2.10 bits per heavy atom. The van der Waals surface area contributed by atoms with Gasteiger partial charge in [-0.05, 0) is 24.0 Å². The van der Waals surface area contributed by atoms with Crippen LogP contribution >= 0.6 is 11.6 Å². The predicted octanol–water partition coefficient (Wildman–Crippen LogP) is 2.45. The Kier molecular flexibility index (Phi) is 4.65. The smallest absolute Gasteiger partial charge is 0.306 e. The molecule has 1 fully saturated rings. The molecule has 1 amide bonds. The van der Waals surface area contributed by atoms with Gasteiger partial charge in [-0.25, -0.2) is 0 Å². The maximum atomic E-state index is 12.3. The lowest BCUT2D eigenvalue weighted by Crippen LogP contribution is -2.45. The average Bonchev–Trinajstić information content (AvgIpc) is 2.40. The fraction of sp³-hybridized carbons (Fsp3) is 0.467. The van der Waals surface area contributed by atoms with Crippen LogP contribution < -0.4 is 0 Å². The summed E-state index contributed by atoms with van der Waals surface area (Å²) in [6.45, 7) is 2.89. The number of nitrogens with zero attached hydrogens (tertiary/aromatic N) is 1. The molecular weight excluding hydrogens is 278 g/mol. The van der Waals surface area contributed by atoms with Gasteiger partial charge in [-0.1, -0.05) is 36.7 Å². The van der Waals surface area contributed by atoms with Gasteiger partial charge in [0.25, 0.3) is 0 Å². The maximum absolute atomic E-state index is 12.3. The predicted molar refractivity (Wildman–Crippen MR) is 76.6 cm³/mol. The number of rotatable bonds is 3.